The Balaban J connectivity index is 1.90. The van der Waals surface area contributed by atoms with Crippen LogP contribution in [0.15, 0.2) is 39.2 Å². The number of carbonyl (C=O) groups is 2. The van der Waals surface area contributed by atoms with Crippen LogP contribution in [0.25, 0.3) is 0 Å². The van der Waals surface area contributed by atoms with E-state index in [-0.39, 0.29) is 10.1 Å². The molecular weight excluding hydrogens is 471 g/mol. The number of benzene rings is 1. The highest BCUT2D eigenvalue weighted by Gasteiger charge is 2.87. The first-order chi connectivity index (χ1) is 11.5. The largest absolute Gasteiger partial charge is 0.274 e. The highest BCUT2D eigenvalue weighted by atomic mass is 35.5. The van der Waals surface area contributed by atoms with Crippen LogP contribution in [0.1, 0.15) is 0 Å². The van der Waals surface area contributed by atoms with Gasteiger partial charge >= 0.3 is 0 Å². The number of allylic oxidation sites excluding steroid dienone is 2. The number of anilines is 1. The first kappa shape index (κ1) is 18.5. The van der Waals surface area contributed by atoms with Crippen molar-refractivity contribution < 1.29 is 9.59 Å². The molecule has 1 aromatic rings. The third-order valence-electron chi connectivity index (χ3n) is 5.02. The molecule has 2 amide bonds. The number of amides is 2. The maximum absolute atomic E-state index is 13.1. The minimum Gasteiger partial charge on any atom is -0.274 e. The number of thiol groups is 1. The zero-order chi connectivity index (χ0) is 18.5. The summed E-state index contributed by atoms with van der Waals surface area (Å²) in [6, 6.07) is 6.49. The highest BCUT2D eigenvalue weighted by Crippen LogP contribution is 2.77. The molecule has 25 heavy (non-hydrogen) atoms. The Kier molecular flexibility index (Phi) is 3.99. The van der Waals surface area contributed by atoms with Gasteiger partial charge in [-0.3, -0.25) is 9.59 Å². The van der Waals surface area contributed by atoms with Crippen LogP contribution in [-0.2, 0) is 9.59 Å². The van der Waals surface area contributed by atoms with Gasteiger partial charge in [-0.1, -0.05) is 46.4 Å². The molecule has 0 N–H and O–H groups in total. The first-order valence-electron chi connectivity index (χ1n) is 7.00. The molecule has 2 aliphatic carbocycles. The van der Waals surface area contributed by atoms with E-state index in [1.807, 2.05) is 0 Å². The molecule has 1 saturated heterocycles. The smallest absolute Gasteiger partial charge is 0.240 e. The maximum Gasteiger partial charge on any atom is 0.240 e. The third kappa shape index (κ3) is 1.85. The number of fused-ring (bicyclic) bond motifs is 5. The van der Waals surface area contributed by atoms with Gasteiger partial charge in [0.25, 0.3) is 0 Å². The van der Waals surface area contributed by atoms with Gasteiger partial charge < -0.3 is 0 Å². The minimum atomic E-state index is -1.92. The van der Waals surface area contributed by atoms with Gasteiger partial charge in [0.2, 0.25) is 11.8 Å². The summed E-state index contributed by atoms with van der Waals surface area (Å²) in [6.07, 6.45) is 0. The normalized spacial score (nSPS) is 38.8. The monoisotopic (exact) mass is 475 g/mol. The molecule has 2 fully saturated rings. The van der Waals surface area contributed by atoms with Crippen molar-refractivity contribution in [3.05, 3.63) is 34.3 Å². The summed E-state index contributed by atoms with van der Waals surface area (Å²) in [5.74, 6) is -3.40. The van der Waals surface area contributed by atoms with E-state index < -0.39 is 37.7 Å². The van der Waals surface area contributed by atoms with E-state index in [4.69, 9.17) is 69.6 Å². The summed E-state index contributed by atoms with van der Waals surface area (Å²) < 4.78 is -1.92. The van der Waals surface area contributed by atoms with Crippen LogP contribution < -0.4 is 4.90 Å². The Morgan fingerprint density at radius 3 is 1.64 bits per heavy atom. The molecule has 1 saturated carbocycles. The van der Waals surface area contributed by atoms with Gasteiger partial charge in [0.1, 0.15) is 9.75 Å². The van der Waals surface area contributed by atoms with Crippen molar-refractivity contribution in [3.63, 3.8) is 0 Å². The summed E-state index contributed by atoms with van der Waals surface area (Å²) in [4.78, 5) is 24.2. The van der Waals surface area contributed by atoms with Gasteiger partial charge in [0.15, 0.2) is 4.33 Å². The van der Waals surface area contributed by atoms with Crippen molar-refractivity contribution in [1.82, 2.24) is 0 Å². The van der Waals surface area contributed by atoms with Crippen molar-refractivity contribution in [1.29, 1.82) is 0 Å². The summed E-state index contributed by atoms with van der Waals surface area (Å²) in [5, 5.41) is -0.212. The van der Waals surface area contributed by atoms with Crippen molar-refractivity contribution in [2.24, 2.45) is 11.8 Å². The molecule has 2 bridgehead atoms. The first-order valence-corrected chi connectivity index (χ1v) is 9.71. The summed E-state index contributed by atoms with van der Waals surface area (Å²) in [7, 11) is 0. The molecule has 0 radical (unpaired) electrons. The quantitative estimate of drug-likeness (QED) is 0.354. The van der Waals surface area contributed by atoms with E-state index in [0.29, 0.717) is 10.6 Å². The van der Waals surface area contributed by atoms with Gasteiger partial charge in [-0.05, 0) is 24.3 Å². The van der Waals surface area contributed by atoms with Crippen molar-refractivity contribution in [3.8, 4) is 0 Å². The number of nitrogens with zero attached hydrogens (tertiary/aromatic N) is 1. The SMILES string of the molecule is O=C1C2C(C(=O)N1c1ccc(S)cc1)C1(Cl)C(Cl)=C(Cl)C2(Cl)C1(Cl)Cl. The molecule has 4 rings (SSSR count). The lowest BCUT2D eigenvalue weighted by molar-refractivity contribution is -0.123. The van der Waals surface area contributed by atoms with E-state index in [1.165, 1.54) is 0 Å². The number of halogens is 6. The summed E-state index contributed by atoms with van der Waals surface area (Å²) >= 11 is 42.7. The van der Waals surface area contributed by atoms with Crippen molar-refractivity contribution in [2.75, 3.05) is 4.90 Å². The van der Waals surface area contributed by atoms with Crippen LogP contribution in [0.4, 0.5) is 5.69 Å². The van der Waals surface area contributed by atoms with Crippen LogP contribution in [0.2, 0.25) is 0 Å². The molecule has 3 aliphatic rings. The summed E-state index contributed by atoms with van der Waals surface area (Å²) in [6.45, 7) is 0. The molecule has 0 aromatic heterocycles. The molecular formula is C15H7Cl6NO2S. The standard InChI is InChI=1S/C15H7Cl6NO2S/c16-9-10(17)14(19)8-7(13(9,18)15(14,20)21)11(23)22(12(8)24)5-1-3-6(25)4-2-5/h1-4,7-8,25H. The number of hydrogen-bond acceptors (Lipinski definition) is 3. The Labute approximate surface area is 178 Å². The molecule has 1 aromatic carbocycles. The fourth-order valence-corrected chi connectivity index (χ4v) is 6.93. The lowest BCUT2D eigenvalue weighted by atomic mass is 9.84. The molecule has 1 heterocycles. The number of rotatable bonds is 1. The number of imide groups is 1. The average Bonchev–Trinajstić information content (AvgIpc) is 2.94. The van der Waals surface area contributed by atoms with E-state index in [1.54, 1.807) is 24.3 Å². The van der Waals surface area contributed by atoms with Gasteiger partial charge in [0.05, 0.1) is 27.6 Å². The molecule has 4 atom stereocenters. The van der Waals surface area contributed by atoms with Crippen molar-refractivity contribution in [2.45, 2.75) is 19.0 Å². The Morgan fingerprint density at radius 1 is 0.840 bits per heavy atom. The van der Waals surface area contributed by atoms with E-state index in [9.17, 15) is 9.59 Å². The maximum atomic E-state index is 13.1. The summed E-state index contributed by atoms with van der Waals surface area (Å²) in [5.41, 5.74) is 0.365. The van der Waals surface area contributed by atoms with Gasteiger partial charge in [-0.25, -0.2) is 4.90 Å². The van der Waals surface area contributed by atoms with E-state index in [0.717, 1.165) is 4.90 Å². The fourth-order valence-electron chi connectivity index (χ4n) is 3.85. The zero-order valence-corrected chi connectivity index (χ0v) is 17.4. The second-order valence-corrected chi connectivity index (χ2v) is 9.90. The van der Waals surface area contributed by atoms with Crippen LogP contribution in [0.5, 0.6) is 0 Å². The van der Waals surface area contributed by atoms with Crippen LogP contribution in [-0.4, -0.2) is 25.9 Å². The van der Waals surface area contributed by atoms with Crippen LogP contribution in [0, 0.1) is 11.8 Å². The van der Waals surface area contributed by atoms with Crippen LogP contribution in [0.3, 0.4) is 0 Å². The second-order valence-electron chi connectivity index (χ2n) is 6.11. The predicted molar refractivity (Wildman–Crippen MR) is 104 cm³/mol. The lowest BCUT2D eigenvalue weighted by Crippen LogP contribution is -2.50. The fraction of sp³-hybridized carbons (Fsp3) is 0.333. The highest BCUT2D eigenvalue weighted by molar-refractivity contribution is 7.80. The van der Waals surface area contributed by atoms with E-state index >= 15 is 0 Å². The predicted octanol–water partition coefficient (Wildman–Crippen LogP) is 4.93. The zero-order valence-electron chi connectivity index (χ0n) is 11.9. The van der Waals surface area contributed by atoms with E-state index in [2.05, 4.69) is 12.6 Å². The lowest BCUT2D eigenvalue weighted by Gasteiger charge is -2.34. The Morgan fingerprint density at radius 2 is 1.24 bits per heavy atom. The number of hydrogen-bond donors (Lipinski definition) is 1. The van der Waals surface area contributed by atoms with Gasteiger partial charge in [-0.15, -0.1) is 35.8 Å². The molecule has 1 aliphatic heterocycles. The molecule has 4 unspecified atom stereocenters. The number of alkyl halides is 4. The molecule has 3 nitrogen and oxygen atoms in total. The third-order valence-corrected chi connectivity index (χ3v) is 9.57. The van der Waals surface area contributed by atoms with Crippen molar-refractivity contribution >= 4 is 99.7 Å². The van der Waals surface area contributed by atoms with Gasteiger partial charge in [0, 0.05) is 4.90 Å². The second kappa shape index (κ2) is 5.38. The Bertz CT molecular complexity index is 825. The average molecular weight is 478 g/mol. The molecule has 0 spiro atoms. The Hall–Kier alpha value is 0.190. The van der Waals surface area contributed by atoms with Crippen LogP contribution >= 0.6 is 82.2 Å². The molecule has 132 valence electrons. The molecule has 10 heteroatoms. The topological polar surface area (TPSA) is 37.4 Å². The minimum absolute atomic E-state index is 0.106. The van der Waals surface area contributed by atoms with Gasteiger partial charge in [-0.2, -0.15) is 0 Å². The number of carbonyl (C=O) groups excluding carboxylic acids is 2.